The number of rotatable bonds is 5. The first-order valence-electron chi connectivity index (χ1n) is 8.37. The fourth-order valence-electron chi connectivity index (χ4n) is 3.10. The van der Waals surface area contributed by atoms with Crippen LogP contribution in [0.4, 0.5) is 0 Å². The van der Waals surface area contributed by atoms with Crippen molar-refractivity contribution in [1.29, 1.82) is 0 Å². The number of carbonyl (C=O) groups is 1. The molecule has 0 saturated heterocycles. The molecule has 2 aromatic carbocycles. The Morgan fingerprint density at radius 1 is 1.19 bits per heavy atom. The summed E-state index contributed by atoms with van der Waals surface area (Å²) < 4.78 is 21.8. The van der Waals surface area contributed by atoms with E-state index in [1.807, 2.05) is 49.4 Å². The minimum Gasteiger partial charge on any atom is -0.454 e. The average molecular weight is 353 g/mol. The van der Waals surface area contributed by atoms with Gasteiger partial charge in [0.1, 0.15) is 5.58 Å². The van der Waals surface area contributed by atoms with Gasteiger partial charge in [-0.05, 0) is 30.7 Å². The van der Waals surface area contributed by atoms with E-state index in [0.717, 1.165) is 16.5 Å². The van der Waals surface area contributed by atoms with E-state index in [2.05, 4.69) is 5.32 Å². The third-order valence-corrected chi connectivity index (χ3v) is 4.44. The maximum atomic E-state index is 12.8. The molecule has 6 nitrogen and oxygen atoms in total. The van der Waals surface area contributed by atoms with Gasteiger partial charge in [0.25, 0.3) is 5.91 Å². The van der Waals surface area contributed by atoms with Crippen LogP contribution in [0.15, 0.2) is 46.9 Å². The number of ether oxygens (including phenoxy) is 3. The molecule has 1 aliphatic rings. The summed E-state index contributed by atoms with van der Waals surface area (Å²) in [5.41, 5.74) is 2.34. The Morgan fingerprint density at radius 2 is 2.00 bits per heavy atom. The number of fused-ring (bicyclic) bond motifs is 2. The molecule has 6 heteroatoms. The third kappa shape index (κ3) is 2.88. The zero-order chi connectivity index (χ0) is 18.1. The van der Waals surface area contributed by atoms with Crippen molar-refractivity contribution in [2.75, 3.05) is 13.9 Å². The van der Waals surface area contributed by atoms with Gasteiger partial charge in [0.2, 0.25) is 6.79 Å². The number of carbonyl (C=O) groups excluding carboxylic acids is 1. The quantitative estimate of drug-likeness (QED) is 0.755. The number of hydrogen-bond acceptors (Lipinski definition) is 5. The molecule has 0 bridgehead atoms. The Hall–Kier alpha value is -2.99. The van der Waals surface area contributed by atoms with Gasteiger partial charge in [-0.3, -0.25) is 4.79 Å². The van der Waals surface area contributed by atoms with Crippen LogP contribution in [-0.2, 0) is 11.3 Å². The van der Waals surface area contributed by atoms with E-state index in [1.54, 1.807) is 7.11 Å². The second kappa shape index (κ2) is 6.72. The van der Waals surface area contributed by atoms with Crippen molar-refractivity contribution in [2.24, 2.45) is 0 Å². The zero-order valence-corrected chi connectivity index (χ0v) is 14.6. The summed E-state index contributed by atoms with van der Waals surface area (Å²) in [6.45, 7) is 2.44. The molecule has 134 valence electrons. The lowest BCUT2D eigenvalue weighted by Crippen LogP contribution is -2.27. The SMILES string of the molecule is COCc1c(C(=O)NC(C)c2ccc3c(c2)OCO3)oc2ccccc12. The Bertz CT molecular complexity index is 962. The van der Waals surface area contributed by atoms with Crippen molar-refractivity contribution in [1.82, 2.24) is 5.32 Å². The van der Waals surface area contributed by atoms with Crippen molar-refractivity contribution in [3.8, 4) is 11.5 Å². The van der Waals surface area contributed by atoms with Gasteiger partial charge in [0.05, 0.1) is 12.6 Å². The van der Waals surface area contributed by atoms with Crippen LogP contribution >= 0.6 is 0 Å². The fourth-order valence-corrected chi connectivity index (χ4v) is 3.10. The maximum Gasteiger partial charge on any atom is 0.287 e. The smallest absolute Gasteiger partial charge is 0.287 e. The highest BCUT2D eigenvalue weighted by Gasteiger charge is 2.23. The standard InChI is InChI=1S/C20H19NO5/c1-12(13-7-8-17-18(9-13)25-11-24-17)21-20(22)19-15(10-23-2)14-5-3-4-6-16(14)26-19/h3-9,12H,10-11H2,1-2H3,(H,21,22). The van der Waals surface area contributed by atoms with E-state index in [-0.39, 0.29) is 24.5 Å². The van der Waals surface area contributed by atoms with Crippen LogP contribution in [0.5, 0.6) is 11.5 Å². The summed E-state index contributed by atoms with van der Waals surface area (Å²) in [6, 6.07) is 13.0. The highest BCUT2D eigenvalue weighted by Crippen LogP contribution is 2.34. The van der Waals surface area contributed by atoms with Crippen LogP contribution in [0, 0.1) is 0 Å². The van der Waals surface area contributed by atoms with E-state index in [9.17, 15) is 4.79 Å². The molecule has 2 heterocycles. The van der Waals surface area contributed by atoms with Gasteiger partial charge in [-0.2, -0.15) is 0 Å². The summed E-state index contributed by atoms with van der Waals surface area (Å²) in [5.74, 6) is 1.40. The molecule has 1 atom stereocenters. The molecule has 0 spiro atoms. The molecule has 0 fully saturated rings. The molecular weight excluding hydrogens is 334 g/mol. The first-order valence-corrected chi connectivity index (χ1v) is 8.37. The van der Waals surface area contributed by atoms with Crippen LogP contribution < -0.4 is 14.8 Å². The van der Waals surface area contributed by atoms with Crippen LogP contribution in [-0.4, -0.2) is 19.8 Å². The van der Waals surface area contributed by atoms with Crippen LogP contribution in [0.1, 0.15) is 34.6 Å². The average Bonchev–Trinajstić information content (AvgIpc) is 3.26. The van der Waals surface area contributed by atoms with Crippen molar-refractivity contribution < 1.29 is 23.4 Å². The predicted molar refractivity (Wildman–Crippen MR) is 95.4 cm³/mol. The van der Waals surface area contributed by atoms with Gasteiger partial charge in [0, 0.05) is 18.1 Å². The molecule has 1 aliphatic heterocycles. The monoisotopic (exact) mass is 353 g/mol. The summed E-state index contributed by atoms with van der Waals surface area (Å²) in [5, 5.41) is 3.86. The number of furan rings is 1. The number of para-hydroxylation sites is 1. The van der Waals surface area contributed by atoms with Crippen LogP contribution in [0.2, 0.25) is 0 Å². The largest absolute Gasteiger partial charge is 0.454 e. The molecule has 0 radical (unpaired) electrons. The summed E-state index contributed by atoms with van der Waals surface area (Å²) in [6.07, 6.45) is 0. The number of nitrogens with one attached hydrogen (secondary N) is 1. The van der Waals surface area contributed by atoms with Crippen LogP contribution in [0.25, 0.3) is 11.0 Å². The number of benzene rings is 2. The third-order valence-electron chi connectivity index (χ3n) is 4.44. The molecule has 1 aromatic heterocycles. The number of amides is 1. The van der Waals surface area contributed by atoms with Gasteiger partial charge in [0.15, 0.2) is 17.3 Å². The van der Waals surface area contributed by atoms with Crippen LogP contribution in [0.3, 0.4) is 0 Å². The Labute approximate surface area is 150 Å². The van der Waals surface area contributed by atoms with Crippen molar-refractivity contribution in [3.05, 3.63) is 59.4 Å². The fraction of sp³-hybridized carbons (Fsp3) is 0.250. The summed E-state index contributed by atoms with van der Waals surface area (Å²) >= 11 is 0. The highest BCUT2D eigenvalue weighted by molar-refractivity contribution is 5.99. The molecule has 1 unspecified atom stereocenters. The lowest BCUT2D eigenvalue weighted by atomic mass is 10.1. The summed E-state index contributed by atoms with van der Waals surface area (Å²) in [7, 11) is 1.60. The molecule has 3 aromatic rings. The van der Waals surface area contributed by atoms with Gasteiger partial charge < -0.3 is 23.9 Å². The van der Waals surface area contributed by atoms with E-state index in [1.165, 1.54) is 0 Å². The molecule has 0 saturated carbocycles. The van der Waals surface area contributed by atoms with E-state index < -0.39 is 0 Å². The van der Waals surface area contributed by atoms with E-state index in [0.29, 0.717) is 23.7 Å². The Morgan fingerprint density at radius 3 is 2.85 bits per heavy atom. The maximum absolute atomic E-state index is 12.8. The Balaban J connectivity index is 1.60. The van der Waals surface area contributed by atoms with Gasteiger partial charge in [-0.1, -0.05) is 24.3 Å². The minimum atomic E-state index is -0.279. The van der Waals surface area contributed by atoms with Gasteiger partial charge in [-0.25, -0.2) is 0 Å². The highest BCUT2D eigenvalue weighted by atomic mass is 16.7. The van der Waals surface area contributed by atoms with Crippen molar-refractivity contribution in [3.63, 3.8) is 0 Å². The normalized spacial score (nSPS) is 13.8. The van der Waals surface area contributed by atoms with E-state index in [4.69, 9.17) is 18.6 Å². The first-order chi connectivity index (χ1) is 12.7. The molecule has 1 amide bonds. The number of hydrogen-bond donors (Lipinski definition) is 1. The minimum absolute atomic E-state index is 0.221. The Kier molecular flexibility index (Phi) is 4.26. The topological polar surface area (TPSA) is 69.9 Å². The second-order valence-electron chi connectivity index (χ2n) is 6.15. The molecule has 26 heavy (non-hydrogen) atoms. The molecule has 0 aliphatic carbocycles. The van der Waals surface area contributed by atoms with E-state index >= 15 is 0 Å². The lowest BCUT2D eigenvalue weighted by Gasteiger charge is -2.14. The van der Waals surface area contributed by atoms with Crippen molar-refractivity contribution in [2.45, 2.75) is 19.6 Å². The number of methoxy groups -OCH3 is 1. The zero-order valence-electron chi connectivity index (χ0n) is 14.6. The molecule has 1 N–H and O–H groups in total. The predicted octanol–water partition coefficient (Wildman–Crippen LogP) is 3.80. The first kappa shape index (κ1) is 16.5. The van der Waals surface area contributed by atoms with Crippen molar-refractivity contribution >= 4 is 16.9 Å². The summed E-state index contributed by atoms with van der Waals surface area (Å²) in [4.78, 5) is 12.8. The molecule has 4 rings (SSSR count). The van der Waals surface area contributed by atoms with Gasteiger partial charge >= 0.3 is 0 Å². The van der Waals surface area contributed by atoms with Gasteiger partial charge in [-0.15, -0.1) is 0 Å². The second-order valence-corrected chi connectivity index (χ2v) is 6.15. The molecular formula is C20H19NO5. The lowest BCUT2D eigenvalue weighted by molar-refractivity contribution is 0.0907.